The second kappa shape index (κ2) is 7.67. The van der Waals surface area contributed by atoms with Gasteiger partial charge in [0.25, 0.3) is 0 Å². The molecule has 1 fully saturated rings. The molecule has 146 valence electrons. The number of rotatable bonds is 5. The van der Waals surface area contributed by atoms with Crippen LogP contribution in [0.25, 0.3) is 11.5 Å². The molecule has 0 amide bonds. The number of hydrogen-bond donors (Lipinski definition) is 1. The molecule has 1 atom stereocenters. The fourth-order valence-electron chi connectivity index (χ4n) is 4.00. The molecule has 7 heteroatoms. The van der Waals surface area contributed by atoms with Crippen molar-refractivity contribution in [2.45, 2.75) is 19.3 Å². The maximum absolute atomic E-state index is 14.2. The van der Waals surface area contributed by atoms with Crippen molar-refractivity contribution in [3.8, 4) is 11.5 Å². The van der Waals surface area contributed by atoms with E-state index in [1.54, 1.807) is 18.3 Å². The number of halogens is 1. The van der Waals surface area contributed by atoms with Crippen LogP contribution in [0.1, 0.15) is 18.4 Å². The zero-order valence-electron chi connectivity index (χ0n) is 15.9. The molecule has 1 saturated heterocycles. The summed E-state index contributed by atoms with van der Waals surface area (Å²) in [6.07, 6.45) is 5.87. The molecule has 0 unspecified atom stereocenters. The number of benzene rings is 1. The third-order valence-electron chi connectivity index (χ3n) is 5.54. The third-order valence-corrected chi connectivity index (χ3v) is 5.54. The van der Waals surface area contributed by atoms with Crippen LogP contribution in [-0.4, -0.2) is 44.6 Å². The van der Waals surface area contributed by atoms with Gasteiger partial charge in [0.1, 0.15) is 11.5 Å². The first-order valence-corrected chi connectivity index (χ1v) is 9.51. The molecule has 6 nitrogen and oxygen atoms in total. The highest BCUT2D eigenvalue weighted by atomic mass is 19.1. The summed E-state index contributed by atoms with van der Waals surface area (Å²) in [6, 6.07) is 10.7. The van der Waals surface area contributed by atoms with E-state index in [4.69, 9.17) is 0 Å². The van der Waals surface area contributed by atoms with Crippen molar-refractivity contribution >= 4 is 5.82 Å². The van der Waals surface area contributed by atoms with Gasteiger partial charge in [-0.05, 0) is 43.0 Å². The Balaban J connectivity index is 1.54. The van der Waals surface area contributed by atoms with E-state index in [9.17, 15) is 9.50 Å². The second-order valence-electron chi connectivity index (χ2n) is 7.59. The molecule has 1 aliphatic heterocycles. The normalized spacial score (nSPS) is 19.8. The van der Waals surface area contributed by atoms with Crippen LogP contribution in [0.3, 0.4) is 0 Å². The van der Waals surface area contributed by atoms with Gasteiger partial charge in [-0.15, -0.1) is 10.2 Å². The molecule has 0 saturated carbocycles. The summed E-state index contributed by atoms with van der Waals surface area (Å²) in [7, 11) is 1.92. The van der Waals surface area contributed by atoms with Crippen molar-refractivity contribution in [2.24, 2.45) is 12.5 Å². The summed E-state index contributed by atoms with van der Waals surface area (Å²) in [5.74, 6) is 1.32. The molecule has 0 radical (unpaired) electrons. The molecule has 0 aliphatic carbocycles. The van der Waals surface area contributed by atoms with E-state index in [1.807, 2.05) is 36.0 Å². The molecule has 0 spiro atoms. The fraction of sp³-hybridized carbons (Fsp3) is 0.381. The molecule has 0 bridgehead atoms. The van der Waals surface area contributed by atoms with Gasteiger partial charge >= 0.3 is 0 Å². The number of imidazole rings is 1. The van der Waals surface area contributed by atoms with Gasteiger partial charge in [0.2, 0.25) is 0 Å². The van der Waals surface area contributed by atoms with E-state index in [-0.39, 0.29) is 17.8 Å². The lowest BCUT2D eigenvalue weighted by molar-refractivity contribution is 0.104. The molecular weight excluding hydrogens is 357 g/mol. The number of aromatic nitrogens is 4. The Bertz CT molecular complexity index is 942. The van der Waals surface area contributed by atoms with Crippen molar-refractivity contribution in [1.29, 1.82) is 0 Å². The van der Waals surface area contributed by atoms with Crippen molar-refractivity contribution in [1.82, 2.24) is 19.7 Å². The predicted molar refractivity (Wildman–Crippen MR) is 105 cm³/mol. The van der Waals surface area contributed by atoms with Gasteiger partial charge in [0.05, 0.1) is 6.61 Å². The molecule has 28 heavy (non-hydrogen) atoms. The van der Waals surface area contributed by atoms with Crippen LogP contribution < -0.4 is 4.90 Å². The van der Waals surface area contributed by atoms with E-state index in [0.717, 1.165) is 31.0 Å². The van der Waals surface area contributed by atoms with E-state index < -0.39 is 0 Å². The second-order valence-corrected chi connectivity index (χ2v) is 7.59. The van der Waals surface area contributed by atoms with E-state index in [0.29, 0.717) is 24.2 Å². The number of aryl methyl sites for hydroxylation is 1. The van der Waals surface area contributed by atoms with E-state index >= 15 is 0 Å². The van der Waals surface area contributed by atoms with Crippen molar-refractivity contribution in [3.63, 3.8) is 0 Å². The molecule has 4 rings (SSSR count). The van der Waals surface area contributed by atoms with Crippen molar-refractivity contribution < 1.29 is 9.50 Å². The number of aliphatic hydroxyl groups is 1. The van der Waals surface area contributed by atoms with Crippen LogP contribution in [0.5, 0.6) is 0 Å². The highest BCUT2D eigenvalue weighted by molar-refractivity contribution is 5.52. The fourth-order valence-corrected chi connectivity index (χ4v) is 4.00. The Kier molecular flexibility index (Phi) is 5.09. The number of anilines is 1. The lowest BCUT2D eigenvalue weighted by Crippen LogP contribution is -2.47. The van der Waals surface area contributed by atoms with Gasteiger partial charge in [-0.1, -0.05) is 18.2 Å². The standard InChI is InChI=1S/C21H24FN5O/c1-26-12-10-23-20(26)18-7-8-19(25-24-18)27-11-4-9-21(14-27,15-28)13-16-5-2-3-6-17(16)22/h2-3,5-8,10,12,28H,4,9,11,13-15H2,1H3/t21-/m1/s1. The first-order chi connectivity index (χ1) is 13.6. The summed E-state index contributed by atoms with van der Waals surface area (Å²) >= 11 is 0. The minimum Gasteiger partial charge on any atom is -0.396 e. The smallest absolute Gasteiger partial charge is 0.160 e. The Morgan fingerprint density at radius 2 is 2.04 bits per heavy atom. The lowest BCUT2D eigenvalue weighted by Gasteiger charge is -2.42. The number of nitrogens with zero attached hydrogens (tertiary/aromatic N) is 5. The quantitative estimate of drug-likeness (QED) is 0.736. The van der Waals surface area contributed by atoms with Crippen LogP contribution in [0.15, 0.2) is 48.8 Å². The van der Waals surface area contributed by atoms with Crippen LogP contribution in [0, 0.1) is 11.2 Å². The number of hydrogen-bond acceptors (Lipinski definition) is 5. The van der Waals surface area contributed by atoms with Crippen LogP contribution in [-0.2, 0) is 13.5 Å². The zero-order valence-corrected chi connectivity index (χ0v) is 15.9. The van der Waals surface area contributed by atoms with Gasteiger partial charge in [0.15, 0.2) is 11.6 Å². The van der Waals surface area contributed by atoms with Crippen LogP contribution in [0.4, 0.5) is 10.2 Å². The Morgan fingerprint density at radius 3 is 2.71 bits per heavy atom. The topological polar surface area (TPSA) is 67.1 Å². The molecule has 1 N–H and O–H groups in total. The Labute approximate surface area is 163 Å². The highest BCUT2D eigenvalue weighted by Gasteiger charge is 2.36. The average molecular weight is 381 g/mol. The van der Waals surface area contributed by atoms with Crippen molar-refractivity contribution in [2.75, 3.05) is 24.6 Å². The largest absolute Gasteiger partial charge is 0.396 e. The van der Waals surface area contributed by atoms with E-state index in [2.05, 4.69) is 20.1 Å². The molecular formula is C21H24FN5O. The van der Waals surface area contributed by atoms with Gasteiger partial charge in [-0.25, -0.2) is 9.37 Å². The average Bonchev–Trinajstić information content (AvgIpc) is 3.16. The number of aliphatic hydroxyl groups excluding tert-OH is 1. The third kappa shape index (κ3) is 3.62. The summed E-state index contributed by atoms with van der Waals surface area (Å²) in [6.45, 7) is 1.47. The monoisotopic (exact) mass is 381 g/mol. The van der Waals surface area contributed by atoms with Gasteiger partial charge in [0, 0.05) is 37.9 Å². The minimum absolute atomic E-state index is 0.0105. The first-order valence-electron chi connectivity index (χ1n) is 9.51. The van der Waals surface area contributed by atoms with Gasteiger partial charge < -0.3 is 14.6 Å². The molecule has 2 aromatic heterocycles. The van der Waals surface area contributed by atoms with Gasteiger partial charge in [-0.3, -0.25) is 0 Å². The van der Waals surface area contributed by atoms with Crippen LogP contribution >= 0.6 is 0 Å². The lowest BCUT2D eigenvalue weighted by atomic mass is 9.75. The molecule has 1 aromatic carbocycles. The van der Waals surface area contributed by atoms with Crippen LogP contribution in [0.2, 0.25) is 0 Å². The van der Waals surface area contributed by atoms with Crippen molar-refractivity contribution in [3.05, 3.63) is 60.2 Å². The molecule has 3 heterocycles. The maximum atomic E-state index is 14.2. The highest BCUT2D eigenvalue weighted by Crippen LogP contribution is 2.35. The molecule has 3 aromatic rings. The molecule has 1 aliphatic rings. The zero-order chi connectivity index (χ0) is 19.6. The predicted octanol–water partition coefficient (Wildman–Crippen LogP) is 2.84. The van der Waals surface area contributed by atoms with Gasteiger partial charge in [-0.2, -0.15) is 0 Å². The summed E-state index contributed by atoms with van der Waals surface area (Å²) in [5.41, 5.74) is 0.975. The first kappa shape index (κ1) is 18.6. The summed E-state index contributed by atoms with van der Waals surface area (Å²) < 4.78 is 16.1. The van der Waals surface area contributed by atoms with E-state index in [1.165, 1.54) is 6.07 Å². The Hall–Kier alpha value is -2.80. The number of piperidine rings is 1. The summed E-state index contributed by atoms with van der Waals surface area (Å²) in [4.78, 5) is 6.43. The maximum Gasteiger partial charge on any atom is 0.160 e. The minimum atomic E-state index is -0.388. The Morgan fingerprint density at radius 1 is 1.18 bits per heavy atom. The SMILES string of the molecule is Cn1ccnc1-c1ccc(N2CCC[C@@](CO)(Cc3ccccc3F)C2)nn1. The summed E-state index contributed by atoms with van der Waals surface area (Å²) in [5, 5.41) is 18.9.